The fourth-order valence-electron chi connectivity index (χ4n) is 1.15. The molecular weight excluding hydrogens is 267 g/mol. The molecule has 3 N–H and O–H groups in total. The zero-order valence-electron chi connectivity index (χ0n) is 8.67. The van der Waals surface area contributed by atoms with E-state index >= 15 is 0 Å². The van der Waals surface area contributed by atoms with Crippen molar-refractivity contribution in [3.05, 3.63) is 28.2 Å². The molecule has 0 aliphatic carbocycles. The number of carbonyl (C=O) groups is 1. The molecule has 1 rings (SSSR count). The molecule has 0 fully saturated rings. The number of hydrogen-bond donors (Lipinski definition) is 2. The van der Waals surface area contributed by atoms with Crippen LogP contribution >= 0.6 is 35.0 Å². The van der Waals surface area contributed by atoms with Crippen molar-refractivity contribution >= 4 is 40.9 Å². The van der Waals surface area contributed by atoms with E-state index in [1.807, 2.05) is 6.92 Å². The Morgan fingerprint density at radius 3 is 2.88 bits per heavy atom. The molecule has 1 unspecified atom stereocenters. The van der Waals surface area contributed by atoms with Gasteiger partial charge in [0.05, 0.1) is 5.02 Å². The SMILES string of the molecule is CC(CC(=O)NN)Sc1cc(Cl)ccc1Cl. The van der Waals surface area contributed by atoms with E-state index in [9.17, 15) is 4.79 Å². The van der Waals surface area contributed by atoms with Crippen LogP contribution in [0.25, 0.3) is 0 Å². The lowest BCUT2D eigenvalue weighted by Crippen LogP contribution is -2.31. The van der Waals surface area contributed by atoms with Crippen LogP contribution < -0.4 is 11.3 Å². The third-order valence-electron chi connectivity index (χ3n) is 1.86. The number of hydrazine groups is 1. The Morgan fingerprint density at radius 1 is 1.56 bits per heavy atom. The molecule has 6 heteroatoms. The van der Waals surface area contributed by atoms with Crippen molar-refractivity contribution in [3.63, 3.8) is 0 Å². The predicted molar refractivity (Wildman–Crippen MR) is 68.7 cm³/mol. The molecule has 0 saturated carbocycles. The minimum absolute atomic E-state index is 0.0829. The quantitative estimate of drug-likeness (QED) is 0.385. The minimum atomic E-state index is -0.196. The van der Waals surface area contributed by atoms with Crippen molar-refractivity contribution < 1.29 is 4.79 Å². The monoisotopic (exact) mass is 278 g/mol. The summed E-state index contributed by atoms with van der Waals surface area (Å²) in [4.78, 5) is 11.9. The zero-order chi connectivity index (χ0) is 12.1. The molecule has 16 heavy (non-hydrogen) atoms. The molecule has 0 bridgehead atoms. The summed E-state index contributed by atoms with van der Waals surface area (Å²) < 4.78 is 0. The van der Waals surface area contributed by atoms with Gasteiger partial charge in [-0.2, -0.15) is 0 Å². The normalized spacial score (nSPS) is 12.2. The van der Waals surface area contributed by atoms with E-state index in [1.54, 1.807) is 18.2 Å². The summed E-state index contributed by atoms with van der Waals surface area (Å²) >= 11 is 13.4. The number of halogens is 2. The highest BCUT2D eigenvalue weighted by atomic mass is 35.5. The second-order valence-corrected chi connectivity index (χ2v) is 5.60. The lowest BCUT2D eigenvalue weighted by molar-refractivity contribution is -0.121. The average molecular weight is 279 g/mol. The van der Waals surface area contributed by atoms with Crippen LogP contribution in [-0.2, 0) is 4.79 Å². The predicted octanol–water partition coefficient (Wildman–Crippen LogP) is 2.85. The number of carbonyl (C=O) groups excluding carboxylic acids is 1. The summed E-state index contributed by atoms with van der Waals surface area (Å²) in [6, 6.07) is 5.25. The Bertz CT molecular complexity index is 387. The van der Waals surface area contributed by atoms with Crippen LogP contribution in [0.4, 0.5) is 0 Å². The van der Waals surface area contributed by atoms with Crippen LogP contribution in [0.15, 0.2) is 23.1 Å². The Morgan fingerprint density at radius 2 is 2.25 bits per heavy atom. The van der Waals surface area contributed by atoms with Gasteiger partial charge in [0.15, 0.2) is 0 Å². The van der Waals surface area contributed by atoms with Gasteiger partial charge in [-0.05, 0) is 18.2 Å². The maximum absolute atomic E-state index is 11.1. The molecule has 0 aliphatic heterocycles. The lowest BCUT2D eigenvalue weighted by Gasteiger charge is -2.11. The average Bonchev–Trinajstić information content (AvgIpc) is 2.23. The summed E-state index contributed by atoms with van der Waals surface area (Å²) in [6.07, 6.45) is 0.337. The summed E-state index contributed by atoms with van der Waals surface area (Å²) in [7, 11) is 0. The molecule has 1 amide bonds. The van der Waals surface area contributed by atoms with E-state index in [2.05, 4.69) is 5.43 Å². The summed E-state index contributed by atoms with van der Waals surface area (Å²) in [5.41, 5.74) is 2.10. The van der Waals surface area contributed by atoms with E-state index in [4.69, 9.17) is 29.0 Å². The van der Waals surface area contributed by atoms with Crippen LogP contribution in [0.5, 0.6) is 0 Å². The number of rotatable bonds is 4. The van der Waals surface area contributed by atoms with E-state index in [1.165, 1.54) is 11.8 Å². The fraction of sp³-hybridized carbons (Fsp3) is 0.300. The van der Waals surface area contributed by atoms with Gasteiger partial charge >= 0.3 is 0 Å². The van der Waals surface area contributed by atoms with Crippen LogP contribution in [0.1, 0.15) is 13.3 Å². The highest BCUT2D eigenvalue weighted by molar-refractivity contribution is 8.00. The molecule has 0 saturated heterocycles. The van der Waals surface area contributed by atoms with Crippen molar-refractivity contribution in [3.8, 4) is 0 Å². The molecule has 1 atom stereocenters. The number of benzene rings is 1. The van der Waals surface area contributed by atoms with E-state index in [0.29, 0.717) is 16.5 Å². The Hall–Kier alpha value is -0.420. The van der Waals surface area contributed by atoms with E-state index in [-0.39, 0.29) is 11.2 Å². The second-order valence-electron chi connectivity index (χ2n) is 3.27. The van der Waals surface area contributed by atoms with Crippen LogP contribution in [0, 0.1) is 0 Å². The molecule has 0 radical (unpaired) electrons. The molecule has 0 aromatic heterocycles. The highest BCUT2D eigenvalue weighted by Gasteiger charge is 2.11. The second kappa shape index (κ2) is 6.35. The first-order chi connectivity index (χ1) is 7.52. The fourth-order valence-corrected chi connectivity index (χ4v) is 2.68. The van der Waals surface area contributed by atoms with Crippen LogP contribution in [0.2, 0.25) is 10.0 Å². The van der Waals surface area contributed by atoms with Crippen molar-refractivity contribution in [1.29, 1.82) is 0 Å². The first-order valence-electron chi connectivity index (χ1n) is 4.64. The number of nitrogens with one attached hydrogen (secondary N) is 1. The van der Waals surface area contributed by atoms with Crippen molar-refractivity contribution in [2.75, 3.05) is 0 Å². The van der Waals surface area contributed by atoms with Crippen LogP contribution in [0.3, 0.4) is 0 Å². The number of thioether (sulfide) groups is 1. The Balaban J connectivity index is 2.65. The standard InChI is InChI=1S/C10H12Cl2N2OS/c1-6(4-10(15)14-13)16-9-5-7(11)2-3-8(9)12/h2-3,5-6H,4,13H2,1H3,(H,14,15). The Labute approximate surface area is 109 Å². The largest absolute Gasteiger partial charge is 0.294 e. The molecule has 0 spiro atoms. The lowest BCUT2D eigenvalue weighted by atomic mass is 10.3. The molecule has 0 aliphatic rings. The van der Waals surface area contributed by atoms with E-state index in [0.717, 1.165) is 4.90 Å². The van der Waals surface area contributed by atoms with Gasteiger partial charge in [-0.3, -0.25) is 10.2 Å². The molecule has 1 aromatic carbocycles. The first-order valence-corrected chi connectivity index (χ1v) is 6.27. The van der Waals surface area contributed by atoms with Gasteiger partial charge in [-0.15, -0.1) is 11.8 Å². The number of amides is 1. The molecule has 3 nitrogen and oxygen atoms in total. The summed E-state index contributed by atoms with van der Waals surface area (Å²) in [5, 5.41) is 1.34. The molecular formula is C10H12Cl2N2OS. The van der Waals surface area contributed by atoms with Gasteiger partial charge in [0.1, 0.15) is 0 Å². The highest BCUT2D eigenvalue weighted by Crippen LogP contribution is 2.33. The zero-order valence-corrected chi connectivity index (χ0v) is 11.0. The third-order valence-corrected chi connectivity index (χ3v) is 3.69. The molecule has 0 heterocycles. The maximum Gasteiger partial charge on any atom is 0.234 e. The molecule has 88 valence electrons. The van der Waals surface area contributed by atoms with Crippen molar-refractivity contribution in [2.24, 2.45) is 5.84 Å². The number of nitrogens with two attached hydrogens (primary N) is 1. The van der Waals surface area contributed by atoms with Gasteiger partial charge in [0.2, 0.25) is 5.91 Å². The maximum atomic E-state index is 11.1. The molecule has 1 aromatic rings. The van der Waals surface area contributed by atoms with Gasteiger partial charge in [-0.25, -0.2) is 5.84 Å². The minimum Gasteiger partial charge on any atom is -0.294 e. The van der Waals surface area contributed by atoms with Gasteiger partial charge in [-0.1, -0.05) is 30.1 Å². The third kappa shape index (κ3) is 4.22. The topological polar surface area (TPSA) is 55.1 Å². The number of hydrogen-bond acceptors (Lipinski definition) is 3. The van der Waals surface area contributed by atoms with Gasteiger partial charge in [0.25, 0.3) is 0 Å². The smallest absolute Gasteiger partial charge is 0.234 e. The van der Waals surface area contributed by atoms with Crippen molar-refractivity contribution in [1.82, 2.24) is 5.43 Å². The summed E-state index contributed by atoms with van der Waals surface area (Å²) in [5.74, 6) is 4.82. The first kappa shape index (κ1) is 13.6. The van der Waals surface area contributed by atoms with Crippen molar-refractivity contribution in [2.45, 2.75) is 23.5 Å². The Kier molecular flexibility index (Phi) is 5.41. The summed E-state index contributed by atoms with van der Waals surface area (Å²) in [6.45, 7) is 1.93. The van der Waals surface area contributed by atoms with E-state index < -0.39 is 0 Å². The van der Waals surface area contributed by atoms with Gasteiger partial charge < -0.3 is 0 Å². The van der Waals surface area contributed by atoms with Gasteiger partial charge in [0, 0.05) is 21.6 Å². The van der Waals surface area contributed by atoms with Crippen LogP contribution in [-0.4, -0.2) is 11.2 Å².